The van der Waals surface area contributed by atoms with E-state index in [1.165, 1.54) is 18.4 Å². The second kappa shape index (κ2) is 8.35. The molecule has 1 aromatic carbocycles. The Hall–Kier alpha value is -1.32. The molecule has 0 spiro atoms. The van der Waals surface area contributed by atoms with Crippen LogP contribution in [0.1, 0.15) is 44.6 Å². The number of hydrogen-bond acceptors (Lipinski definition) is 3. The Balaban J connectivity index is 2.15. The second-order valence-corrected chi connectivity index (χ2v) is 6.33. The first-order valence-corrected chi connectivity index (χ1v) is 8.33. The van der Waals surface area contributed by atoms with Crippen molar-refractivity contribution in [2.75, 3.05) is 14.1 Å². The molecule has 0 radical (unpaired) electrons. The molecule has 3 nitrogen and oxygen atoms in total. The maximum Gasteiger partial charge on any atom is 0.180 e. The SMILES string of the molecule is CCC(O/N=C1/CCCC/C1=C/c1ccc(Cl)cc1)N(C)C. The minimum Gasteiger partial charge on any atom is -0.376 e. The van der Waals surface area contributed by atoms with Gasteiger partial charge in [-0.3, -0.25) is 4.90 Å². The maximum absolute atomic E-state index is 5.94. The largest absolute Gasteiger partial charge is 0.376 e. The van der Waals surface area contributed by atoms with E-state index in [-0.39, 0.29) is 6.23 Å². The van der Waals surface area contributed by atoms with Gasteiger partial charge in [-0.05, 0) is 75.5 Å². The van der Waals surface area contributed by atoms with Crippen LogP contribution < -0.4 is 0 Å². The Bertz CT molecular complexity index is 535. The summed E-state index contributed by atoms with van der Waals surface area (Å²) in [7, 11) is 4.03. The molecule has 4 heteroatoms. The molecule has 120 valence electrons. The monoisotopic (exact) mass is 320 g/mol. The highest BCUT2D eigenvalue weighted by molar-refractivity contribution is 6.30. The lowest BCUT2D eigenvalue weighted by Gasteiger charge is -2.22. The fourth-order valence-electron chi connectivity index (χ4n) is 2.59. The van der Waals surface area contributed by atoms with E-state index in [0.717, 1.165) is 35.6 Å². The number of benzene rings is 1. The van der Waals surface area contributed by atoms with Gasteiger partial charge in [0.1, 0.15) is 0 Å². The number of oxime groups is 1. The summed E-state index contributed by atoms with van der Waals surface area (Å²) in [6, 6.07) is 7.92. The molecule has 0 saturated heterocycles. The van der Waals surface area contributed by atoms with E-state index >= 15 is 0 Å². The molecule has 1 aliphatic carbocycles. The van der Waals surface area contributed by atoms with Crippen LogP contribution in [0.2, 0.25) is 5.02 Å². The number of nitrogens with zero attached hydrogens (tertiary/aromatic N) is 2. The molecular weight excluding hydrogens is 296 g/mol. The first-order chi connectivity index (χ1) is 10.6. The summed E-state index contributed by atoms with van der Waals surface area (Å²) in [5.41, 5.74) is 3.53. The van der Waals surface area contributed by atoms with Gasteiger partial charge in [-0.15, -0.1) is 0 Å². The Morgan fingerprint density at radius 3 is 2.55 bits per heavy atom. The highest BCUT2D eigenvalue weighted by Gasteiger charge is 2.16. The molecule has 0 heterocycles. The van der Waals surface area contributed by atoms with Crippen molar-refractivity contribution in [2.24, 2.45) is 5.16 Å². The van der Waals surface area contributed by atoms with Crippen molar-refractivity contribution in [1.82, 2.24) is 4.90 Å². The third kappa shape index (κ3) is 4.85. The lowest BCUT2D eigenvalue weighted by molar-refractivity contribution is -0.0357. The van der Waals surface area contributed by atoms with Crippen molar-refractivity contribution in [3.05, 3.63) is 40.4 Å². The van der Waals surface area contributed by atoms with E-state index < -0.39 is 0 Å². The molecule has 1 aromatic rings. The Morgan fingerprint density at radius 1 is 1.23 bits per heavy atom. The van der Waals surface area contributed by atoms with Gasteiger partial charge in [0.05, 0.1) is 5.71 Å². The zero-order valence-corrected chi connectivity index (χ0v) is 14.4. The highest BCUT2D eigenvalue weighted by atomic mass is 35.5. The van der Waals surface area contributed by atoms with E-state index in [0.29, 0.717) is 0 Å². The second-order valence-electron chi connectivity index (χ2n) is 5.90. The molecule has 2 rings (SSSR count). The molecule has 0 aromatic heterocycles. The minimum atomic E-state index is 0.0335. The van der Waals surface area contributed by atoms with Gasteiger partial charge in [-0.2, -0.15) is 0 Å². The predicted octanol–water partition coefficient (Wildman–Crippen LogP) is 4.97. The molecule has 1 fully saturated rings. The summed E-state index contributed by atoms with van der Waals surface area (Å²) in [5.74, 6) is 0. The summed E-state index contributed by atoms with van der Waals surface area (Å²) in [5, 5.41) is 5.22. The van der Waals surface area contributed by atoms with Crippen molar-refractivity contribution in [1.29, 1.82) is 0 Å². The van der Waals surface area contributed by atoms with Crippen molar-refractivity contribution in [3.63, 3.8) is 0 Å². The van der Waals surface area contributed by atoms with Gasteiger partial charge >= 0.3 is 0 Å². The predicted molar refractivity (Wildman–Crippen MR) is 94.2 cm³/mol. The third-order valence-electron chi connectivity index (χ3n) is 3.90. The normalized spacial score (nSPS) is 20.6. The topological polar surface area (TPSA) is 24.8 Å². The quantitative estimate of drug-likeness (QED) is 0.565. The van der Waals surface area contributed by atoms with Gasteiger partial charge in [0.25, 0.3) is 0 Å². The number of rotatable bonds is 5. The van der Waals surface area contributed by atoms with Gasteiger partial charge in [0.2, 0.25) is 0 Å². The van der Waals surface area contributed by atoms with E-state index in [1.807, 2.05) is 38.4 Å². The highest BCUT2D eigenvalue weighted by Crippen LogP contribution is 2.24. The molecule has 0 N–H and O–H groups in total. The van der Waals surface area contributed by atoms with Crippen molar-refractivity contribution >= 4 is 23.4 Å². The van der Waals surface area contributed by atoms with Crippen LogP contribution in [-0.2, 0) is 4.84 Å². The van der Waals surface area contributed by atoms with E-state index in [1.54, 1.807) is 0 Å². The van der Waals surface area contributed by atoms with Crippen LogP contribution in [0, 0.1) is 0 Å². The van der Waals surface area contributed by atoms with Crippen LogP contribution in [0.5, 0.6) is 0 Å². The van der Waals surface area contributed by atoms with Gasteiger partial charge in [-0.1, -0.05) is 35.8 Å². The van der Waals surface area contributed by atoms with E-state index in [9.17, 15) is 0 Å². The third-order valence-corrected chi connectivity index (χ3v) is 4.15. The van der Waals surface area contributed by atoms with Crippen molar-refractivity contribution in [3.8, 4) is 0 Å². The van der Waals surface area contributed by atoms with Crippen LogP contribution >= 0.6 is 11.6 Å². The lowest BCUT2D eigenvalue weighted by atomic mass is 9.91. The van der Waals surface area contributed by atoms with E-state index in [4.69, 9.17) is 16.4 Å². The zero-order valence-electron chi connectivity index (χ0n) is 13.7. The number of allylic oxidation sites excluding steroid dienone is 1. The van der Waals surface area contributed by atoms with Gasteiger partial charge in [-0.25, -0.2) is 0 Å². The fraction of sp³-hybridized carbons (Fsp3) is 0.500. The first-order valence-electron chi connectivity index (χ1n) is 7.95. The van der Waals surface area contributed by atoms with Gasteiger partial charge in [0, 0.05) is 5.02 Å². The molecule has 1 aliphatic rings. The van der Waals surface area contributed by atoms with Gasteiger partial charge < -0.3 is 4.84 Å². The molecule has 0 aliphatic heterocycles. The summed E-state index contributed by atoms with van der Waals surface area (Å²) >= 11 is 5.94. The lowest BCUT2D eigenvalue weighted by Crippen LogP contribution is -2.29. The van der Waals surface area contributed by atoms with Crippen LogP contribution in [0.3, 0.4) is 0 Å². The average Bonchev–Trinajstić information content (AvgIpc) is 2.51. The molecule has 1 saturated carbocycles. The summed E-state index contributed by atoms with van der Waals surface area (Å²) in [6.07, 6.45) is 7.59. The smallest absolute Gasteiger partial charge is 0.180 e. The van der Waals surface area contributed by atoms with Crippen molar-refractivity contribution < 1.29 is 4.84 Å². The van der Waals surface area contributed by atoms with Crippen molar-refractivity contribution in [2.45, 2.75) is 45.3 Å². The Kier molecular flexibility index (Phi) is 6.47. The van der Waals surface area contributed by atoms with Crippen LogP contribution in [0.4, 0.5) is 0 Å². The standard InChI is InChI=1S/C18H25ClN2O/c1-4-18(21(2)3)22-20-17-8-6-5-7-15(17)13-14-9-11-16(19)12-10-14/h9-13,18H,4-8H2,1-3H3/b15-13-,20-17-. The van der Waals surface area contributed by atoms with E-state index in [2.05, 4.69) is 23.1 Å². The number of halogens is 1. The molecule has 1 atom stereocenters. The van der Waals surface area contributed by atoms with Crippen LogP contribution in [-0.4, -0.2) is 30.9 Å². The molecule has 0 bridgehead atoms. The van der Waals surface area contributed by atoms with Crippen LogP contribution in [0.25, 0.3) is 6.08 Å². The number of hydrogen-bond donors (Lipinski definition) is 0. The minimum absolute atomic E-state index is 0.0335. The Labute approximate surface area is 138 Å². The molecule has 22 heavy (non-hydrogen) atoms. The molecular formula is C18H25ClN2O. The maximum atomic E-state index is 5.94. The average molecular weight is 321 g/mol. The molecule has 0 amide bonds. The Morgan fingerprint density at radius 2 is 1.91 bits per heavy atom. The fourth-order valence-corrected chi connectivity index (χ4v) is 2.72. The zero-order chi connectivity index (χ0) is 15.9. The molecule has 1 unspecified atom stereocenters. The summed E-state index contributed by atoms with van der Waals surface area (Å²) < 4.78 is 0. The first kappa shape index (κ1) is 17.0. The van der Waals surface area contributed by atoms with Gasteiger partial charge in [0.15, 0.2) is 6.23 Å². The summed E-state index contributed by atoms with van der Waals surface area (Å²) in [4.78, 5) is 7.78. The van der Waals surface area contributed by atoms with Crippen LogP contribution in [0.15, 0.2) is 35.0 Å². The summed E-state index contributed by atoms with van der Waals surface area (Å²) in [6.45, 7) is 2.11.